The summed E-state index contributed by atoms with van der Waals surface area (Å²) in [5.41, 5.74) is 6.22. The Labute approximate surface area is 143 Å². The average Bonchev–Trinajstić information content (AvgIpc) is 2.91. The Balaban J connectivity index is 1.86. The van der Waals surface area contributed by atoms with E-state index in [0.717, 1.165) is 11.3 Å². The van der Waals surface area contributed by atoms with E-state index in [1.807, 2.05) is 0 Å². The lowest BCUT2D eigenvalue weighted by Crippen LogP contribution is -2.28. The lowest BCUT2D eigenvalue weighted by Gasteiger charge is -2.05. The van der Waals surface area contributed by atoms with E-state index in [0.29, 0.717) is 11.3 Å². The van der Waals surface area contributed by atoms with Crippen LogP contribution in [-0.4, -0.2) is 31.7 Å². The Morgan fingerprint density at radius 3 is 2.88 bits per heavy atom. The van der Waals surface area contributed by atoms with E-state index in [-0.39, 0.29) is 35.5 Å². The van der Waals surface area contributed by atoms with Crippen LogP contribution >= 0.6 is 11.3 Å². The van der Waals surface area contributed by atoms with E-state index < -0.39 is 15.9 Å². The predicted molar refractivity (Wildman–Crippen MR) is 90.9 cm³/mol. The number of rotatable bonds is 7. The summed E-state index contributed by atoms with van der Waals surface area (Å²) in [6.45, 7) is 0.215. The van der Waals surface area contributed by atoms with Gasteiger partial charge in [-0.1, -0.05) is 12.1 Å². The lowest BCUT2D eigenvalue weighted by molar-refractivity contribution is 0.251. The second-order valence-electron chi connectivity index (χ2n) is 4.96. The van der Waals surface area contributed by atoms with Crippen LogP contribution in [-0.2, 0) is 22.1 Å². The number of amides is 2. The number of aromatic nitrogens is 1. The van der Waals surface area contributed by atoms with Gasteiger partial charge in [-0.05, 0) is 17.7 Å². The molecule has 130 valence electrons. The number of halogens is 1. The molecule has 2 rings (SSSR count). The molecule has 0 aliphatic carbocycles. The van der Waals surface area contributed by atoms with Gasteiger partial charge in [0.15, 0.2) is 15.0 Å². The highest BCUT2D eigenvalue weighted by atomic mass is 32.2. The van der Waals surface area contributed by atoms with Crippen molar-refractivity contribution in [2.24, 2.45) is 5.73 Å². The molecule has 0 spiro atoms. The van der Waals surface area contributed by atoms with Gasteiger partial charge in [0.2, 0.25) is 0 Å². The van der Waals surface area contributed by atoms with E-state index in [9.17, 15) is 17.6 Å². The second kappa shape index (κ2) is 8.18. The summed E-state index contributed by atoms with van der Waals surface area (Å²) in [5, 5.41) is 6.92. The number of nitrogens with two attached hydrogens (primary N) is 1. The molecular weight excluding hydrogens is 355 g/mol. The van der Waals surface area contributed by atoms with Crippen molar-refractivity contribution in [3.05, 3.63) is 46.7 Å². The van der Waals surface area contributed by atoms with Crippen LogP contribution in [0.5, 0.6) is 0 Å². The number of carbonyl (C=O) groups excluding carboxylic acids is 1. The number of nitrogens with zero attached hydrogens (tertiary/aromatic N) is 1. The molecule has 0 atom stereocenters. The first-order valence-corrected chi connectivity index (χ1v) is 9.72. The number of benzene rings is 1. The molecule has 0 bridgehead atoms. The summed E-state index contributed by atoms with van der Waals surface area (Å²) in [6.07, 6.45) is 0. The van der Waals surface area contributed by atoms with Crippen molar-refractivity contribution >= 4 is 32.3 Å². The Morgan fingerprint density at radius 1 is 1.38 bits per heavy atom. The number of nitrogens with one attached hydrogen (secondary N) is 2. The molecule has 1 aromatic heterocycles. The van der Waals surface area contributed by atoms with Crippen molar-refractivity contribution in [3.63, 3.8) is 0 Å². The van der Waals surface area contributed by atoms with Crippen molar-refractivity contribution in [3.8, 4) is 0 Å². The first-order chi connectivity index (χ1) is 11.4. The van der Waals surface area contributed by atoms with Crippen LogP contribution in [0.3, 0.4) is 0 Å². The standard InChI is InChI=1S/C14H17FN4O3S2/c15-11-3-1-2-10(6-11)7-17-13(20)19-14-18-12(8-23-14)9-24(21,22)5-4-16/h1-3,6,8H,4-5,7,9,16H2,(H2,17,18,19,20). The smallest absolute Gasteiger partial charge is 0.321 e. The van der Waals surface area contributed by atoms with Gasteiger partial charge < -0.3 is 11.1 Å². The maximum atomic E-state index is 13.0. The number of sulfone groups is 1. The van der Waals surface area contributed by atoms with Gasteiger partial charge in [0.25, 0.3) is 0 Å². The van der Waals surface area contributed by atoms with E-state index in [1.54, 1.807) is 17.5 Å². The summed E-state index contributed by atoms with van der Waals surface area (Å²) < 4.78 is 36.4. The molecule has 1 heterocycles. The molecule has 0 radical (unpaired) electrons. The Hall–Kier alpha value is -2.04. The summed E-state index contributed by atoms with van der Waals surface area (Å²) in [7, 11) is -3.29. The summed E-state index contributed by atoms with van der Waals surface area (Å²) in [6, 6.07) is 5.38. The van der Waals surface area contributed by atoms with Crippen LogP contribution in [0.1, 0.15) is 11.3 Å². The number of anilines is 1. The Morgan fingerprint density at radius 2 is 2.17 bits per heavy atom. The molecule has 0 saturated carbocycles. The van der Waals surface area contributed by atoms with Crippen LogP contribution in [0.25, 0.3) is 0 Å². The van der Waals surface area contributed by atoms with Gasteiger partial charge >= 0.3 is 6.03 Å². The zero-order chi connectivity index (χ0) is 17.6. The molecule has 2 aromatic rings. The average molecular weight is 372 g/mol. The molecular formula is C14H17FN4O3S2. The van der Waals surface area contributed by atoms with Crippen molar-refractivity contribution in [2.45, 2.75) is 12.3 Å². The number of urea groups is 1. The monoisotopic (exact) mass is 372 g/mol. The zero-order valence-corrected chi connectivity index (χ0v) is 14.3. The Kier molecular flexibility index (Phi) is 6.23. The number of thiazole rings is 1. The topological polar surface area (TPSA) is 114 Å². The third-order valence-electron chi connectivity index (χ3n) is 2.91. The minimum absolute atomic E-state index is 0.0556. The highest BCUT2D eigenvalue weighted by Crippen LogP contribution is 2.17. The molecule has 1 aromatic carbocycles. The van der Waals surface area contributed by atoms with Crippen LogP contribution < -0.4 is 16.4 Å². The van der Waals surface area contributed by atoms with Crippen LogP contribution in [0.4, 0.5) is 14.3 Å². The largest absolute Gasteiger partial charge is 0.334 e. The first-order valence-electron chi connectivity index (χ1n) is 7.02. The normalized spacial score (nSPS) is 11.2. The number of hydrogen-bond acceptors (Lipinski definition) is 6. The third-order valence-corrected chi connectivity index (χ3v) is 5.31. The SMILES string of the molecule is NCCS(=O)(=O)Cc1csc(NC(=O)NCc2cccc(F)c2)n1. The van der Waals surface area contributed by atoms with Crippen molar-refractivity contribution < 1.29 is 17.6 Å². The lowest BCUT2D eigenvalue weighted by atomic mass is 10.2. The maximum Gasteiger partial charge on any atom is 0.321 e. The molecule has 0 fully saturated rings. The molecule has 4 N–H and O–H groups in total. The zero-order valence-electron chi connectivity index (χ0n) is 12.7. The van der Waals surface area contributed by atoms with Gasteiger partial charge in [0, 0.05) is 18.5 Å². The van der Waals surface area contributed by atoms with Gasteiger partial charge in [0.1, 0.15) is 5.82 Å². The van der Waals surface area contributed by atoms with E-state index in [2.05, 4.69) is 15.6 Å². The van der Waals surface area contributed by atoms with Crippen LogP contribution in [0, 0.1) is 5.82 Å². The summed E-state index contributed by atoms with van der Waals surface area (Å²) in [4.78, 5) is 15.8. The molecule has 0 unspecified atom stereocenters. The molecule has 10 heteroatoms. The van der Waals surface area contributed by atoms with Crippen molar-refractivity contribution in [1.29, 1.82) is 0 Å². The number of carbonyl (C=O) groups is 1. The van der Waals surface area contributed by atoms with Crippen LogP contribution in [0.2, 0.25) is 0 Å². The molecule has 0 aliphatic rings. The fourth-order valence-corrected chi connectivity index (χ4v) is 3.79. The summed E-state index contributed by atoms with van der Waals surface area (Å²) >= 11 is 1.12. The predicted octanol–water partition coefficient (Wildman–Crippen LogP) is 1.48. The van der Waals surface area contributed by atoms with Crippen molar-refractivity contribution in [2.75, 3.05) is 17.6 Å². The van der Waals surface area contributed by atoms with Crippen LogP contribution in [0.15, 0.2) is 29.6 Å². The minimum atomic E-state index is -3.29. The second-order valence-corrected chi connectivity index (χ2v) is 8.00. The van der Waals surface area contributed by atoms with Gasteiger partial charge in [-0.15, -0.1) is 11.3 Å². The van der Waals surface area contributed by atoms with Gasteiger partial charge in [-0.3, -0.25) is 5.32 Å². The third kappa shape index (κ3) is 5.87. The quantitative estimate of drug-likeness (QED) is 0.681. The van der Waals surface area contributed by atoms with E-state index in [4.69, 9.17) is 5.73 Å². The highest BCUT2D eigenvalue weighted by Gasteiger charge is 2.14. The van der Waals surface area contributed by atoms with Gasteiger partial charge in [0.05, 0.1) is 17.2 Å². The highest BCUT2D eigenvalue weighted by molar-refractivity contribution is 7.90. The fraction of sp³-hybridized carbons (Fsp3) is 0.286. The molecule has 2 amide bonds. The molecule has 7 nitrogen and oxygen atoms in total. The van der Waals surface area contributed by atoms with Gasteiger partial charge in [-0.2, -0.15) is 0 Å². The molecule has 0 saturated heterocycles. The fourth-order valence-electron chi connectivity index (χ4n) is 1.88. The van der Waals surface area contributed by atoms with E-state index >= 15 is 0 Å². The number of hydrogen-bond donors (Lipinski definition) is 3. The Bertz CT molecular complexity index is 808. The first kappa shape index (κ1) is 18.3. The summed E-state index contributed by atoms with van der Waals surface area (Å²) in [5.74, 6) is -0.702. The van der Waals surface area contributed by atoms with Crippen molar-refractivity contribution in [1.82, 2.24) is 10.3 Å². The molecule has 24 heavy (non-hydrogen) atoms. The minimum Gasteiger partial charge on any atom is -0.334 e. The van der Waals surface area contributed by atoms with E-state index in [1.165, 1.54) is 12.1 Å². The molecule has 0 aliphatic heterocycles. The van der Waals surface area contributed by atoms with Gasteiger partial charge in [-0.25, -0.2) is 22.6 Å². The maximum absolute atomic E-state index is 13.0.